The Morgan fingerprint density at radius 2 is 2.29 bits per heavy atom. The maximum absolute atomic E-state index is 10.9. The highest BCUT2D eigenvalue weighted by atomic mass is 79.9. The second-order valence-electron chi connectivity index (χ2n) is 2.63. The standard InChI is InChI=1S/C8H4BrClN2O2/c9-7-6(8(13)14)12-3-4(10)1-2-5(12)11-7/h1-3H,(H,13,14). The number of carbonyl (C=O) groups is 1. The van der Waals surface area contributed by atoms with Crippen LogP contribution in [0, 0.1) is 0 Å². The molecule has 2 aromatic rings. The van der Waals surface area contributed by atoms with Crippen molar-refractivity contribution in [1.82, 2.24) is 9.38 Å². The number of pyridine rings is 1. The van der Waals surface area contributed by atoms with Crippen LogP contribution in [0.2, 0.25) is 5.02 Å². The summed E-state index contributed by atoms with van der Waals surface area (Å²) < 4.78 is 1.72. The maximum Gasteiger partial charge on any atom is 0.355 e. The van der Waals surface area contributed by atoms with Crippen molar-refractivity contribution in [2.45, 2.75) is 0 Å². The SMILES string of the molecule is O=C(O)c1c(Br)nc2ccc(Cl)cn12. The van der Waals surface area contributed by atoms with Crippen molar-refractivity contribution in [3.8, 4) is 0 Å². The van der Waals surface area contributed by atoms with Gasteiger partial charge in [-0.2, -0.15) is 0 Å². The molecule has 0 saturated heterocycles. The van der Waals surface area contributed by atoms with Gasteiger partial charge in [-0.3, -0.25) is 4.40 Å². The van der Waals surface area contributed by atoms with Crippen LogP contribution in [-0.4, -0.2) is 20.5 Å². The fourth-order valence-corrected chi connectivity index (χ4v) is 1.88. The molecule has 0 unspecified atom stereocenters. The van der Waals surface area contributed by atoms with Gasteiger partial charge in [0.25, 0.3) is 0 Å². The van der Waals surface area contributed by atoms with Crippen LogP contribution in [0.3, 0.4) is 0 Å². The Kier molecular flexibility index (Phi) is 2.20. The first-order valence-corrected chi connectivity index (χ1v) is 4.83. The normalized spacial score (nSPS) is 10.7. The van der Waals surface area contributed by atoms with Gasteiger partial charge < -0.3 is 5.11 Å². The largest absolute Gasteiger partial charge is 0.476 e. The predicted molar refractivity (Wildman–Crippen MR) is 54.9 cm³/mol. The Bertz CT molecular complexity index is 523. The molecule has 72 valence electrons. The van der Waals surface area contributed by atoms with Gasteiger partial charge in [-0.1, -0.05) is 11.6 Å². The fourth-order valence-electron chi connectivity index (χ4n) is 1.18. The average molecular weight is 275 g/mol. The summed E-state index contributed by atoms with van der Waals surface area (Å²) in [6.07, 6.45) is 1.51. The summed E-state index contributed by atoms with van der Waals surface area (Å²) >= 11 is 8.83. The van der Waals surface area contributed by atoms with Crippen LogP contribution < -0.4 is 0 Å². The van der Waals surface area contributed by atoms with Crippen molar-refractivity contribution >= 4 is 39.1 Å². The number of hydrogen-bond donors (Lipinski definition) is 1. The van der Waals surface area contributed by atoms with Crippen LogP contribution in [0.25, 0.3) is 5.65 Å². The first-order chi connectivity index (χ1) is 6.59. The van der Waals surface area contributed by atoms with Crippen molar-refractivity contribution in [2.75, 3.05) is 0 Å². The van der Waals surface area contributed by atoms with Crippen molar-refractivity contribution in [2.24, 2.45) is 0 Å². The molecular weight excluding hydrogens is 271 g/mol. The number of halogens is 2. The lowest BCUT2D eigenvalue weighted by Gasteiger charge is -1.96. The molecule has 2 rings (SSSR count). The molecule has 0 aliphatic carbocycles. The first kappa shape index (κ1) is 9.48. The van der Waals surface area contributed by atoms with Crippen LogP contribution in [-0.2, 0) is 0 Å². The highest BCUT2D eigenvalue weighted by Gasteiger charge is 2.16. The summed E-state index contributed by atoms with van der Waals surface area (Å²) in [5, 5.41) is 9.37. The van der Waals surface area contributed by atoms with Gasteiger partial charge in [0, 0.05) is 6.20 Å². The van der Waals surface area contributed by atoms with E-state index in [2.05, 4.69) is 20.9 Å². The summed E-state index contributed by atoms with van der Waals surface area (Å²) in [6, 6.07) is 3.31. The molecule has 2 heterocycles. The second kappa shape index (κ2) is 3.25. The van der Waals surface area contributed by atoms with Crippen LogP contribution in [0.5, 0.6) is 0 Å². The molecule has 0 bridgehead atoms. The number of carboxylic acids is 1. The van der Waals surface area contributed by atoms with Gasteiger partial charge in [-0.15, -0.1) is 0 Å². The molecule has 0 spiro atoms. The van der Waals surface area contributed by atoms with Gasteiger partial charge >= 0.3 is 5.97 Å². The predicted octanol–water partition coefficient (Wildman–Crippen LogP) is 2.45. The van der Waals surface area contributed by atoms with E-state index >= 15 is 0 Å². The van der Waals surface area contributed by atoms with E-state index in [1.54, 1.807) is 12.1 Å². The maximum atomic E-state index is 10.9. The van der Waals surface area contributed by atoms with E-state index < -0.39 is 5.97 Å². The van der Waals surface area contributed by atoms with Crippen molar-refractivity contribution in [3.05, 3.63) is 33.6 Å². The van der Waals surface area contributed by atoms with E-state index in [-0.39, 0.29) is 5.69 Å². The summed E-state index contributed by atoms with van der Waals surface area (Å²) in [7, 11) is 0. The summed E-state index contributed by atoms with van der Waals surface area (Å²) in [5.41, 5.74) is 0.612. The molecule has 0 aromatic carbocycles. The van der Waals surface area contributed by atoms with E-state index in [1.807, 2.05) is 0 Å². The van der Waals surface area contributed by atoms with Gasteiger partial charge in [0.05, 0.1) is 5.02 Å². The fraction of sp³-hybridized carbons (Fsp3) is 0. The zero-order valence-electron chi connectivity index (χ0n) is 6.74. The van der Waals surface area contributed by atoms with Crippen LogP contribution in [0.15, 0.2) is 22.9 Å². The highest BCUT2D eigenvalue weighted by Crippen LogP contribution is 2.20. The summed E-state index contributed by atoms with van der Waals surface area (Å²) in [5.74, 6) is -1.05. The molecule has 14 heavy (non-hydrogen) atoms. The van der Waals surface area contributed by atoms with Gasteiger partial charge in [0.2, 0.25) is 0 Å². The van der Waals surface area contributed by atoms with Crippen LogP contribution >= 0.6 is 27.5 Å². The van der Waals surface area contributed by atoms with E-state index in [0.717, 1.165) is 0 Å². The molecule has 0 amide bonds. The van der Waals surface area contributed by atoms with Crippen molar-refractivity contribution in [3.63, 3.8) is 0 Å². The summed E-state index contributed by atoms with van der Waals surface area (Å²) in [4.78, 5) is 14.9. The number of aromatic carboxylic acids is 1. The van der Waals surface area contributed by atoms with Crippen molar-refractivity contribution < 1.29 is 9.90 Å². The second-order valence-corrected chi connectivity index (χ2v) is 3.82. The number of carboxylic acid groups (broad SMARTS) is 1. The molecule has 0 aliphatic heterocycles. The summed E-state index contributed by atoms with van der Waals surface area (Å²) in [6.45, 7) is 0. The molecule has 0 saturated carbocycles. The van der Waals surface area contributed by atoms with E-state index in [4.69, 9.17) is 16.7 Å². The quantitative estimate of drug-likeness (QED) is 0.870. The molecule has 0 radical (unpaired) electrons. The van der Waals surface area contributed by atoms with Gasteiger partial charge in [0.1, 0.15) is 10.3 Å². The number of aromatic nitrogens is 2. The van der Waals surface area contributed by atoms with E-state index in [9.17, 15) is 4.79 Å². The minimum Gasteiger partial charge on any atom is -0.476 e. The Hall–Kier alpha value is -1.07. The topological polar surface area (TPSA) is 54.6 Å². The smallest absolute Gasteiger partial charge is 0.355 e. The molecular formula is C8H4BrClN2O2. The Morgan fingerprint density at radius 1 is 1.57 bits per heavy atom. The van der Waals surface area contributed by atoms with Gasteiger partial charge in [-0.25, -0.2) is 9.78 Å². The minimum atomic E-state index is -1.05. The van der Waals surface area contributed by atoms with Crippen LogP contribution in [0.1, 0.15) is 10.5 Å². The highest BCUT2D eigenvalue weighted by molar-refractivity contribution is 9.10. The number of fused-ring (bicyclic) bond motifs is 1. The number of imidazole rings is 1. The molecule has 0 fully saturated rings. The molecule has 4 nitrogen and oxygen atoms in total. The minimum absolute atomic E-state index is 0.0718. The number of nitrogens with zero attached hydrogens (tertiary/aromatic N) is 2. The molecule has 2 aromatic heterocycles. The van der Waals surface area contributed by atoms with Gasteiger partial charge in [-0.05, 0) is 28.1 Å². The van der Waals surface area contributed by atoms with E-state index in [0.29, 0.717) is 15.3 Å². The van der Waals surface area contributed by atoms with Crippen LogP contribution in [0.4, 0.5) is 0 Å². The zero-order chi connectivity index (χ0) is 10.3. The molecule has 0 aliphatic rings. The monoisotopic (exact) mass is 274 g/mol. The lowest BCUT2D eigenvalue weighted by molar-refractivity contribution is 0.0688. The first-order valence-electron chi connectivity index (χ1n) is 3.66. The average Bonchev–Trinajstić information content (AvgIpc) is 2.40. The van der Waals surface area contributed by atoms with Crippen molar-refractivity contribution in [1.29, 1.82) is 0 Å². The molecule has 0 atom stereocenters. The molecule has 6 heteroatoms. The Balaban J connectivity index is 2.86. The van der Waals surface area contributed by atoms with E-state index in [1.165, 1.54) is 10.6 Å². The number of rotatable bonds is 1. The lowest BCUT2D eigenvalue weighted by Crippen LogP contribution is -2.02. The zero-order valence-corrected chi connectivity index (χ0v) is 9.08. The molecule has 1 N–H and O–H groups in total. The number of hydrogen-bond acceptors (Lipinski definition) is 2. The van der Waals surface area contributed by atoms with Gasteiger partial charge in [0.15, 0.2) is 5.69 Å². The lowest BCUT2D eigenvalue weighted by atomic mass is 10.4. The third-order valence-corrected chi connectivity index (χ3v) is 2.52. The third kappa shape index (κ3) is 1.38. The Morgan fingerprint density at radius 3 is 2.93 bits per heavy atom. The third-order valence-electron chi connectivity index (χ3n) is 1.74. The Labute approximate surface area is 92.3 Å².